The van der Waals surface area contributed by atoms with Crippen molar-refractivity contribution in [3.63, 3.8) is 0 Å². The first kappa shape index (κ1) is 12.9. The Hall–Kier alpha value is -1.16. The van der Waals surface area contributed by atoms with Crippen LogP contribution < -0.4 is 5.73 Å². The number of hydrogen-bond donors (Lipinski definition) is 1. The molecule has 0 fully saturated rings. The van der Waals surface area contributed by atoms with E-state index in [1.165, 1.54) is 0 Å². The summed E-state index contributed by atoms with van der Waals surface area (Å²) in [5, 5.41) is 4.13. The Morgan fingerprint density at radius 2 is 2.25 bits per heavy atom. The van der Waals surface area contributed by atoms with Gasteiger partial charge in [-0.15, -0.1) is 0 Å². The average molecular weight is 223 g/mol. The number of carbonyl (C=O) groups is 1. The molecular formula is C12H21N3O. The predicted molar refractivity (Wildman–Crippen MR) is 64.0 cm³/mol. The molecule has 0 spiro atoms. The zero-order chi connectivity index (χ0) is 12.1. The number of ketones is 1. The van der Waals surface area contributed by atoms with Crippen molar-refractivity contribution >= 4 is 5.78 Å². The minimum Gasteiger partial charge on any atom is -0.321 e. The predicted octanol–water partition coefficient (Wildman–Crippen LogP) is 1.39. The Morgan fingerprint density at radius 3 is 2.75 bits per heavy atom. The Kier molecular flexibility index (Phi) is 4.68. The largest absolute Gasteiger partial charge is 0.321 e. The number of carbonyl (C=O) groups excluding carboxylic acids is 1. The maximum Gasteiger partial charge on any atom is 0.154 e. The van der Waals surface area contributed by atoms with Crippen LogP contribution in [0.2, 0.25) is 0 Å². The van der Waals surface area contributed by atoms with E-state index < -0.39 is 0 Å². The van der Waals surface area contributed by atoms with Crippen molar-refractivity contribution in [2.75, 3.05) is 0 Å². The van der Waals surface area contributed by atoms with Gasteiger partial charge in [-0.2, -0.15) is 5.10 Å². The van der Waals surface area contributed by atoms with Gasteiger partial charge in [0.15, 0.2) is 5.78 Å². The second-order valence-corrected chi connectivity index (χ2v) is 4.58. The molecule has 4 heteroatoms. The molecule has 2 N–H and O–H groups in total. The molecule has 0 aliphatic carbocycles. The average Bonchev–Trinajstić information content (AvgIpc) is 2.64. The first-order chi connectivity index (χ1) is 7.52. The molecule has 1 aromatic rings. The molecular weight excluding hydrogens is 202 g/mol. The van der Waals surface area contributed by atoms with E-state index in [1.807, 2.05) is 17.8 Å². The maximum absolute atomic E-state index is 11.8. The summed E-state index contributed by atoms with van der Waals surface area (Å²) in [6.07, 6.45) is 4.79. The van der Waals surface area contributed by atoms with E-state index >= 15 is 0 Å². The van der Waals surface area contributed by atoms with Crippen LogP contribution in [0.4, 0.5) is 0 Å². The lowest BCUT2D eigenvalue weighted by molar-refractivity contribution is -0.120. The van der Waals surface area contributed by atoms with Crippen molar-refractivity contribution in [2.45, 2.75) is 46.2 Å². The molecule has 1 heterocycles. The molecule has 1 unspecified atom stereocenters. The van der Waals surface area contributed by atoms with Crippen LogP contribution >= 0.6 is 0 Å². The second kappa shape index (κ2) is 5.80. The highest BCUT2D eigenvalue weighted by Crippen LogP contribution is 2.07. The maximum atomic E-state index is 11.8. The van der Waals surface area contributed by atoms with E-state index in [-0.39, 0.29) is 11.8 Å². The molecule has 0 aliphatic heterocycles. The third kappa shape index (κ3) is 3.77. The van der Waals surface area contributed by atoms with Crippen LogP contribution in [0, 0.1) is 5.92 Å². The fourth-order valence-electron chi connectivity index (χ4n) is 1.64. The summed E-state index contributed by atoms with van der Waals surface area (Å²) >= 11 is 0. The zero-order valence-corrected chi connectivity index (χ0v) is 10.3. The lowest BCUT2D eigenvalue weighted by atomic mass is 9.98. The van der Waals surface area contributed by atoms with Crippen molar-refractivity contribution in [1.29, 1.82) is 0 Å². The molecule has 0 saturated carbocycles. The topological polar surface area (TPSA) is 60.9 Å². The highest BCUT2D eigenvalue weighted by molar-refractivity contribution is 5.85. The monoisotopic (exact) mass is 223 g/mol. The van der Waals surface area contributed by atoms with Gasteiger partial charge in [-0.05, 0) is 24.8 Å². The van der Waals surface area contributed by atoms with E-state index in [4.69, 9.17) is 5.73 Å². The zero-order valence-electron chi connectivity index (χ0n) is 10.3. The van der Waals surface area contributed by atoms with Gasteiger partial charge >= 0.3 is 0 Å². The van der Waals surface area contributed by atoms with Gasteiger partial charge in [-0.1, -0.05) is 13.8 Å². The Labute approximate surface area is 96.8 Å². The summed E-state index contributed by atoms with van der Waals surface area (Å²) < 4.78 is 1.82. The van der Waals surface area contributed by atoms with E-state index in [0.29, 0.717) is 12.3 Å². The molecule has 0 aliphatic rings. The van der Waals surface area contributed by atoms with Gasteiger partial charge < -0.3 is 5.73 Å². The van der Waals surface area contributed by atoms with Crippen molar-refractivity contribution in [3.8, 4) is 0 Å². The van der Waals surface area contributed by atoms with Crippen LogP contribution in [0.25, 0.3) is 0 Å². The van der Waals surface area contributed by atoms with Crippen molar-refractivity contribution < 1.29 is 4.79 Å². The number of rotatable bonds is 6. The lowest BCUT2D eigenvalue weighted by Gasteiger charge is -2.11. The smallest absolute Gasteiger partial charge is 0.154 e. The number of hydrogen-bond acceptors (Lipinski definition) is 3. The van der Waals surface area contributed by atoms with E-state index in [2.05, 4.69) is 18.9 Å². The molecule has 0 amide bonds. The number of aryl methyl sites for hydroxylation is 1. The first-order valence-corrected chi connectivity index (χ1v) is 5.82. The molecule has 0 saturated heterocycles. The second-order valence-electron chi connectivity index (χ2n) is 4.58. The quantitative estimate of drug-likeness (QED) is 0.792. The molecule has 1 atom stereocenters. The summed E-state index contributed by atoms with van der Waals surface area (Å²) in [6, 6.07) is -0.343. The summed E-state index contributed by atoms with van der Waals surface area (Å²) in [5.41, 5.74) is 6.78. The highest BCUT2D eigenvalue weighted by atomic mass is 16.1. The Morgan fingerprint density at radius 1 is 1.56 bits per heavy atom. The molecule has 0 aromatic carbocycles. The summed E-state index contributed by atoms with van der Waals surface area (Å²) in [5.74, 6) is 0.557. The van der Waals surface area contributed by atoms with Crippen LogP contribution in [0.3, 0.4) is 0 Å². The SMILES string of the molecule is CCn1cc(CC(=O)C(N)CC(C)C)cn1. The van der Waals surface area contributed by atoms with E-state index in [9.17, 15) is 4.79 Å². The van der Waals surface area contributed by atoms with Crippen molar-refractivity contribution in [2.24, 2.45) is 11.7 Å². The summed E-state index contributed by atoms with van der Waals surface area (Å²) in [6.45, 7) is 6.99. The van der Waals surface area contributed by atoms with Gasteiger partial charge in [0, 0.05) is 19.2 Å². The molecule has 0 radical (unpaired) electrons. The fourth-order valence-corrected chi connectivity index (χ4v) is 1.64. The molecule has 90 valence electrons. The Balaban J connectivity index is 2.50. The third-order valence-corrected chi connectivity index (χ3v) is 2.53. The standard InChI is InChI=1S/C12H21N3O/c1-4-15-8-10(7-14-15)6-12(16)11(13)5-9(2)3/h7-9,11H,4-6,13H2,1-3H3. The first-order valence-electron chi connectivity index (χ1n) is 5.82. The molecule has 0 bridgehead atoms. The number of Topliss-reactive ketones (excluding diaryl/α,β-unsaturated/α-hetero) is 1. The molecule has 1 rings (SSSR count). The minimum atomic E-state index is -0.343. The van der Waals surface area contributed by atoms with Gasteiger partial charge in [0.2, 0.25) is 0 Å². The van der Waals surface area contributed by atoms with Gasteiger partial charge in [0.1, 0.15) is 0 Å². The van der Waals surface area contributed by atoms with E-state index in [1.54, 1.807) is 6.20 Å². The van der Waals surface area contributed by atoms with Crippen LogP contribution in [0.1, 0.15) is 32.8 Å². The van der Waals surface area contributed by atoms with Crippen LogP contribution in [-0.4, -0.2) is 21.6 Å². The number of nitrogens with zero attached hydrogens (tertiary/aromatic N) is 2. The van der Waals surface area contributed by atoms with Gasteiger partial charge in [-0.25, -0.2) is 0 Å². The highest BCUT2D eigenvalue weighted by Gasteiger charge is 2.15. The molecule has 16 heavy (non-hydrogen) atoms. The Bertz CT molecular complexity index is 344. The van der Waals surface area contributed by atoms with Crippen LogP contribution in [0.5, 0.6) is 0 Å². The molecule has 4 nitrogen and oxygen atoms in total. The summed E-state index contributed by atoms with van der Waals surface area (Å²) in [7, 11) is 0. The third-order valence-electron chi connectivity index (χ3n) is 2.53. The fraction of sp³-hybridized carbons (Fsp3) is 0.667. The summed E-state index contributed by atoms with van der Waals surface area (Å²) in [4.78, 5) is 11.8. The van der Waals surface area contributed by atoms with Crippen LogP contribution in [-0.2, 0) is 17.8 Å². The van der Waals surface area contributed by atoms with Gasteiger partial charge in [0.05, 0.1) is 12.2 Å². The molecule has 1 aromatic heterocycles. The van der Waals surface area contributed by atoms with Crippen molar-refractivity contribution in [1.82, 2.24) is 9.78 Å². The van der Waals surface area contributed by atoms with Gasteiger partial charge in [0.25, 0.3) is 0 Å². The normalized spacial score (nSPS) is 13.1. The number of aromatic nitrogens is 2. The minimum absolute atomic E-state index is 0.101. The number of nitrogens with two attached hydrogens (primary N) is 1. The lowest BCUT2D eigenvalue weighted by Crippen LogP contribution is -2.33. The van der Waals surface area contributed by atoms with E-state index in [0.717, 1.165) is 18.5 Å². The van der Waals surface area contributed by atoms with Crippen molar-refractivity contribution in [3.05, 3.63) is 18.0 Å². The van der Waals surface area contributed by atoms with Crippen LogP contribution in [0.15, 0.2) is 12.4 Å². The van der Waals surface area contributed by atoms with Gasteiger partial charge in [-0.3, -0.25) is 9.48 Å².